The zero-order valence-electron chi connectivity index (χ0n) is 10.3. The average Bonchev–Trinajstić information content (AvgIpc) is 2.89. The lowest BCUT2D eigenvalue weighted by Gasteiger charge is -2.08. The molecular formula is C13H10FNO4S. The van der Waals surface area contributed by atoms with E-state index >= 15 is 0 Å². The molecule has 0 saturated heterocycles. The molecule has 0 aliphatic carbocycles. The predicted octanol–water partition coefficient (Wildman–Crippen LogP) is 2.85. The first-order valence-electron chi connectivity index (χ1n) is 5.48. The Labute approximate surface area is 117 Å². The Balaban J connectivity index is 2.30. The van der Waals surface area contributed by atoms with Crippen molar-refractivity contribution in [3.63, 3.8) is 0 Å². The summed E-state index contributed by atoms with van der Waals surface area (Å²) in [6.45, 7) is 0. The predicted molar refractivity (Wildman–Crippen MR) is 72.2 cm³/mol. The van der Waals surface area contributed by atoms with Gasteiger partial charge in [0.05, 0.1) is 23.2 Å². The molecule has 7 heteroatoms. The highest BCUT2D eigenvalue weighted by atomic mass is 32.1. The Kier molecular flexibility index (Phi) is 3.99. The van der Waals surface area contributed by atoms with Crippen LogP contribution in [0.15, 0.2) is 29.6 Å². The number of carboxylic acid groups (broad SMARTS) is 1. The van der Waals surface area contributed by atoms with Crippen LogP contribution in [0.4, 0.5) is 10.1 Å². The molecule has 2 rings (SSSR count). The molecule has 1 aromatic heterocycles. The van der Waals surface area contributed by atoms with Gasteiger partial charge in [0, 0.05) is 11.4 Å². The number of hydrogen-bond donors (Lipinski definition) is 2. The fourth-order valence-electron chi connectivity index (χ4n) is 1.55. The van der Waals surface area contributed by atoms with Gasteiger partial charge in [-0.05, 0) is 12.1 Å². The summed E-state index contributed by atoms with van der Waals surface area (Å²) in [5.41, 5.74) is -0.653. The quantitative estimate of drug-likeness (QED) is 0.909. The number of halogens is 1. The minimum absolute atomic E-state index is 0.293. The van der Waals surface area contributed by atoms with Crippen molar-refractivity contribution in [2.75, 3.05) is 12.4 Å². The van der Waals surface area contributed by atoms with Gasteiger partial charge in [-0.15, -0.1) is 11.3 Å². The molecule has 0 saturated carbocycles. The van der Waals surface area contributed by atoms with E-state index < -0.39 is 17.7 Å². The van der Waals surface area contributed by atoms with Gasteiger partial charge in [0.1, 0.15) is 11.6 Å². The zero-order chi connectivity index (χ0) is 14.7. The number of hydrogen-bond acceptors (Lipinski definition) is 4. The first-order chi connectivity index (χ1) is 9.52. The highest BCUT2D eigenvalue weighted by Gasteiger charge is 2.18. The van der Waals surface area contributed by atoms with Crippen LogP contribution in [0.25, 0.3) is 0 Å². The lowest BCUT2D eigenvalue weighted by molar-refractivity contribution is 0.0697. The number of carboxylic acids is 1. The van der Waals surface area contributed by atoms with Crippen LogP contribution in [-0.2, 0) is 0 Å². The standard InChI is InChI=1S/C13H10FNO4S/c1-19-7-5-10(20-6-7)12(16)15-11-8(13(17)18)3-2-4-9(11)14/h2-6H,1H3,(H,15,16)(H,17,18). The summed E-state index contributed by atoms with van der Waals surface area (Å²) >= 11 is 1.11. The Hall–Kier alpha value is -2.41. The number of carbonyl (C=O) groups excluding carboxylic acids is 1. The molecule has 0 radical (unpaired) electrons. The van der Waals surface area contributed by atoms with Crippen molar-refractivity contribution in [2.24, 2.45) is 0 Å². The van der Waals surface area contributed by atoms with Crippen molar-refractivity contribution in [1.82, 2.24) is 0 Å². The Morgan fingerprint density at radius 1 is 1.40 bits per heavy atom. The van der Waals surface area contributed by atoms with Gasteiger partial charge in [0.2, 0.25) is 0 Å². The molecule has 5 nitrogen and oxygen atoms in total. The fourth-order valence-corrected chi connectivity index (χ4v) is 2.30. The fraction of sp³-hybridized carbons (Fsp3) is 0.0769. The number of aromatic carboxylic acids is 1. The van der Waals surface area contributed by atoms with Gasteiger partial charge < -0.3 is 15.2 Å². The summed E-state index contributed by atoms with van der Waals surface area (Å²) in [6, 6.07) is 5.05. The Morgan fingerprint density at radius 2 is 2.15 bits per heavy atom. The summed E-state index contributed by atoms with van der Waals surface area (Å²) in [6.07, 6.45) is 0. The Morgan fingerprint density at radius 3 is 2.75 bits per heavy atom. The van der Waals surface area contributed by atoms with E-state index in [-0.39, 0.29) is 11.3 Å². The second-order valence-electron chi connectivity index (χ2n) is 3.77. The van der Waals surface area contributed by atoms with Crippen LogP contribution >= 0.6 is 11.3 Å². The number of thiophene rings is 1. The van der Waals surface area contributed by atoms with Crippen LogP contribution in [-0.4, -0.2) is 24.1 Å². The van der Waals surface area contributed by atoms with Crippen LogP contribution in [0.3, 0.4) is 0 Å². The summed E-state index contributed by atoms with van der Waals surface area (Å²) in [5, 5.41) is 12.9. The second-order valence-corrected chi connectivity index (χ2v) is 4.68. The van der Waals surface area contributed by atoms with Crippen LogP contribution in [0.5, 0.6) is 5.75 Å². The number of ether oxygens (including phenoxy) is 1. The highest BCUT2D eigenvalue weighted by Crippen LogP contribution is 2.24. The number of rotatable bonds is 4. The van der Waals surface area contributed by atoms with Gasteiger partial charge >= 0.3 is 5.97 Å². The Bertz CT molecular complexity index is 668. The molecule has 1 aromatic carbocycles. The van der Waals surface area contributed by atoms with Gasteiger partial charge in [-0.3, -0.25) is 4.79 Å². The first-order valence-corrected chi connectivity index (χ1v) is 6.36. The summed E-state index contributed by atoms with van der Waals surface area (Å²) in [5.74, 6) is -2.21. The third kappa shape index (κ3) is 2.77. The molecule has 0 spiro atoms. The molecular weight excluding hydrogens is 285 g/mol. The largest absolute Gasteiger partial charge is 0.496 e. The van der Waals surface area contributed by atoms with Crippen LogP contribution in [0.2, 0.25) is 0 Å². The van der Waals surface area contributed by atoms with Gasteiger partial charge in [-0.1, -0.05) is 6.07 Å². The van der Waals surface area contributed by atoms with Crippen molar-refractivity contribution in [1.29, 1.82) is 0 Å². The third-order valence-electron chi connectivity index (χ3n) is 2.52. The summed E-state index contributed by atoms with van der Waals surface area (Å²) < 4.78 is 18.6. The van der Waals surface area contributed by atoms with Gasteiger partial charge in [-0.2, -0.15) is 0 Å². The minimum atomic E-state index is -1.32. The normalized spacial score (nSPS) is 10.1. The summed E-state index contributed by atoms with van der Waals surface area (Å²) in [7, 11) is 1.46. The molecule has 2 aromatic rings. The van der Waals surface area contributed by atoms with Gasteiger partial charge in [0.15, 0.2) is 0 Å². The van der Waals surface area contributed by atoms with Crippen molar-refractivity contribution in [2.45, 2.75) is 0 Å². The average molecular weight is 295 g/mol. The van der Waals surface area contributed by atoms with Gasteiger partial charge in [-0.25, -0.2) is 9.18 Å². The number of amides is 1. The molecule has 0 aliphatic heterocycles. The number of para-hydroxylation sites is 1. The lowest BCUT2D eigenvalue weighted by atomic mass is 10.1. The minimum Gasteiger partial charge on any atom is -0.496 e. The second kappa shape index (κ2) is 5.70. The maximum Gasteiger partial charge on any atom is 0.337 e. The van der Waals surface area contributed by atoms with Crippen LogP contribution in [0.1, 0.15) is 20.0 Å². The van der Waals surface area contributed by atoms with E-state index in [4.69, 9.17) is 9.84 Å². The van der Waals surface area contributed by atoms with E-state index in [0.29, 0.717) is 10.6 Å². The van der Waals surface area contributed by atoms with Crippen molar-refractivity contribution < 1.29 is 23.8 Å². The smallest absolute Gasteiger partial charge is 0.337 e. The molecule has 104 valence electrons. The number of anilines is 1. The topological polar surface area (TPSA) is 75.6 Å². The van der Waals surface area contributed by atoms with E-state index in [1.165, 1.54) is 25.3 Å². The number of methoxy groups -OCH3 is 1. The number of carbonyl (C=O) groups is 2. The molecule has 1 amide bonds. The van der Waals surface area contributed by atoms with E-state index in [1.807, 2.05) is 0 Å². The maximum atomic E-state index is 13.7. The monoisotopic (exact) mass is 295 g/mol. The summed E-state index contributed by atoms with van der Waals surface area (Å²) in [4.78, 5) is 23.3. The molecule has 0 bridgehead atoms. The maximum absolute atomic E-state index is 13.7. The van der Waals surface area contributed by atoms with Crippen LogP contribution in [0, 0.1) is 5.82 Å². The zero-order valence-corrected chi connectivity index (χ0v) is 11.2. The SMILES string of the molecule is COc1csc(C(=O)Nc2c(F)cccc2C(=O)O)c1. The van der Waals surface area contributed by atoms with E-state index in [2.05, 4.69) is 5.32 Å². The van der Waals surface area contributed by atoms with Crippen LogP contribution < -0.4 is 10.1 Å². The number of benzene rings is 1. The van der Waals surface area contributed by atoms with Gasteiger partial charge in [0.25, 0.3) is 5.91 Å². The molecule has 1 heterocycles. The molecule has 0 unspecified atom stereocenters. The van der Waals surface area contributed by atoms with Crippen molar-refractivity contribution in [3.8, 4) is 5.75 Å². The molecule has 2 N–H and O–H groups in total. The van der Waals surface area contributed by atoms with E-state index in [1.54, 1.807) is 5.38 Å². The molecule has 0 atom stereocenters. The van der Waals surface area contributed by atoms with Crippen molar-refractivity contribution in [3.05, 3.63) is 45.9 Å². The number of nitrogens with one attached hydrogen (secondary N) is 1. The van der Waals surface area contributed by atoms with E-state index in [0.717, 1.165) is 17.4 Å². The molecule has 20 heavy (non-hydrogen) atoms. The first kappa shape index (κ1) is 14.0. The van der Waals surface area contributed by atoms with E-state index in [9.17, 15) is 14.0 Å². The third-order valence-corrected chi connectivity index (χ3v) is 3.42. The lowest BCUT2D eigenvalue weighted by Crippen LogP contribution is -2.15. The molecule has 0 fully saturated rings. The highest BCUT2D eigenvalue weighted by molar-refractivity contribution is 7.12. The van der Waals surface area contributed by atoms with Crippen molar-refractivity contribution >= 4 is 28.9 Å². The molecule has 0 aliphatic rings.